The maximum absolute atomic E-state index is 10.8. The van der Waals surface area contributed by atoms with Crippen LogP contribution in [-0.2, 0) is 0 Å². The first kappa shape index (κ1) is 11.9. The van der Waals surface area contributed by atoms with Crippen LogP contribution in [-0.4, -0.2) is 11.7 Å². The predicted molar refractivity (Wildman–Crippen MR) is 81.5 cm³/mol. The standard InChI is InChI=1S/C17H14O2S/c18-16(13-6-3-4-11-8-9-20-17(11)13)14-10-19-15-7-2-1-5-12(14)15/h1-9,14,16,18H,10H2. The lowest BCUT2D eigenvalue weighted by atomic mass is 9.90. The van der Waals surface area contributed by atoms with E-state index in [-0.39, 0.29) is 5.92 Å². The third kappa shape index (κ3) is 1.74. The zero-order valence-electron chi connectivity index (χ0n) is 10.8. The van der Waals surface area contributed by atoms with Crippen LogP contribution in [0.1, 0.15) is 23.1 Å². The highest BCUT2D eigenvalue weighted by Gasteiger charge is 2.31. The van der Waals surface area contributed by atoms with Crippen molar-refractivity contribution in [2.24, 2.45) is 0 Å². The number of hydrogen-bond donors (Lipinski definition) is 1. The Morgan fingerprint density at radius 2 is 2.00 bits per heavy atom. The fraction of sp³-hybridized carbons (Fsp3) is 0.176. The van der Waals surface area contributed by atoms with Crippen molar-refractivity contribution in [3.63, 3.8) is 0 Å². The van der Waals surface area contributed by atoms with Gasteiger partial charge in [0.15, 0.2) is 0 Å². The summed E-state index contributed by atoms with van der Waals surface area (Å²) in [5, 5.41) is 14.1. The normalized spacial score (nSPS) is 18.8. The number of rotatable bonds is 2. The molecule has 0 spiro atoms. The van der Waals surface area contributed by atoms with E-state index in [2.05, 4.69) is 17.5 Å². The molecule has 1 N–H and O–H groups in total. The van der Waals surface area contributed by atoms with Gasteiger partial charge in [0.05, 0.1) is 18.6 Å². The second kappa shape index (κ2) is 4.62. The average molecular weight is 282 g/mol. The van der Waals surface area contributed by atoms with Crippen LogP contribution in [0.3, 0.4) is 0 Å². The lowest BCUT2D eigenvalue weighted by Gasteiger charge is -2.18. The lowest BCUT2D eigenvalue weighted by molar-refractivity contribution is 0.131. The van der Waals surface area contributed by atoms with Gasteiger partial charge in [-0.3, -0.25) is 0 Å². The molecule has 0 bridgehead atoms. The fourth-order valence-electron chi connectivity index (χ4n) is 2.91. The van der Waals surface area contributed by atoms with Crippen LogP contribution >= 0.6 is 11.3 Å². The van der Waals surface area contributed by atoms with E-state index in [4.69, 9.17) is 4.74 Å². The van der Waals surface area contributed by atoms with Crippen molar-refractivity contribution in [1.29, 1.82) is 0 Å². The second-order valence-corrected chi connectivity index (χ2v) is 6.00. The lowest BCUT2D eigenvalue weighted by Crippen LogP contribution is -2.12. The SMILES string of the molecule is OC(c1cccc2ccsc12)C1COc2ccccc21. The third-order valence-corrected chi connectivity index (χ3v) is 4.93. The van der Waals surface area contributed by atoms with E-state index in [0.29, 0.717) is 6.61 Å². The van der Waals surface area contributed by atoms with Crippen LogP contribution in [0.15, 0.2) is 53.9 Å². The summed E-state index contributed by atoms with van der Waals surface area (Å²) in [6, 6.07) is 16.2. The largest absolute Gasteiger partial charge is 0.493 e. The molecule has 0 saturated carbocycles. The molecule has 100 valence electrons. The first-order valence-electron chi connectivity index (χ1n) is 6.70. The molecule has 20 heavy (non-hydrogen) atoms. The molecule has 2 atom stereocenters. The van der Waals surface area contributed by atoms with E-state index >= 15 is 0 Å². The highest BCUT2D eigenvalue weighted by molar-refractivity contribution is 7.17. The molecule has 0 amide bonds. The molecule has 2 aromatic carbocycles. The zero-order chi connectivity index (χ0) is 13.5. The molecule has 1 aliphatic heterocycles. The summed E-state index contributed by atoms with van der Waals surface area (Å²) < 4.78 is 6.86. The van der Waals surface area contributed by atoms with Gasteiger partial charge in [0.1, 0.15) is 5.75 Å². The summed E-state index contributed by atoms with van der Waals surface area (Å²) in [4.78, 5) is 0. The zero-order valence-corrected chi connectivity index (χ0v) is 11.6. The summed E-state index contributed by atoms with van der Waals surface area (Å²) in [7, 11) is 0. The number of hydrogen-bond acceptors (Lipinski definition) is 3. The van der Waals surface area contributed by atoms with Crippen LogP contribution in [0.5, 0.6) is 5.75 Å². The maximum Gasteiger partial charge on any atom is 0.123 e. The van der Waals surface area contributed by atoms with E-state index in [1.54, 1.807) is 11.3 Å². The van der Waals surface area contributed by atoms with E-state index < -0.39 is 6.10 Å². The molecular weight excluding hydrogens is 268 g/mol. The first-order valence-corrected chi connectivity index (χ1v) is 7.58. The smallest absolute Gasteiger partial charge is 0.123 e. The Labute approximate surface area is 121 Å². The van der Waals surface area contributed by atoms with Crippen molar-refractivity contribution in [1.82, 2.24) is 0 Å². The van der Waals surface area contributed by atoms with Crippen LogP contribution in [0.25, 0.3) is 10.1 Å². The van der Waals surface area contributed by atoms with Crippen molar-refractivity contribution < 1.29 is 9.84 Å². The van der Waals surface area contributed by atoms with Gasteiger partial charge in [-0.05, 0) is 28.5 Å². The Kier molecular flexibility index (Phi) is 2.76. The van der Waals surface area contributed by atoms with Gasteiger partial charge < -0.3 is 9.84 Å². The molecule has 2 heterocycles. The predicted octanol–water partition coefficient (Wildman–Crippen LogP) is 4.11. The third-order valence-electron chi connectivity index (χ3n) is 3.95. The molecule has 0 saturated heterocycles. The summed E-state index contributed by atoms with van der Waals surface area (Å²) in [5.41, 5.74) is 2.11. The van der Waals surface area contributed by atoms with Gasteiger partial charge in [-0.1, -0.05) is 36.4 Å². The van der Waals surface area contributed by atoms with E-state index in [9.17, 15) is 5.11 Å². The van der Waals surface area contributed by atoms with Crippen LogP contribution in [0.4, 0.5) is 0 Å². The Morgan fingerprint density at radius 1 is 1.10 bits per heavy atom. The minimum Gasteiger partial charge on any atom is -0.493 e. The van der Waals surface area contributed by atoms with Gasteiger partial charge in [-0.2, -0.15) is 0 Å². The van der Waals surface area contributed by atoms with Crippen LogP contribution in [0.2, 0.25) is 0 Å². The summed E-state index contributed by atoms with van der Waals surface area (Å²) >= 11 is 1.68. The summed E-state index contributed by atoms with van der Waals surface area (Å²) in [6.45, 7) is 0.544. The molecule has 3 heteroatoms. The van der Waals surface area contributed by atoms with Crippen LogP contribution < -0.4 is 4.74 Å². The maximum atomic E-state index is 10.8. The van der Waals surface area contributed by atoms with Crippen molar-refractivity contribution in [3.05, 3.63) is 65.0 Å². The van der Waals surface area contributed by atoms with Crippen molar-refractivity contribution in [2.45, 2.75) is 12.0 Å². The van der Waals surface area contributed by atoms with Gasteiger partial charge >= 0.3 is 0 Å². The number of aliphatic hydroxyl groups excluding tert-OH is 1. The topological polar surface area (TPSA) is 29.5 Å². The Balaban J connectivity index is 1.78. The second-order valence-electron chi connectivity index (χ2n) is 5.09. The summed E-state index contributed by atoms with van der Waals surface area (Å²) in [5.74, 6) is 0.911. The van der Waals surface area contributed by atoms with Crippen LogP contribution in [0, 0.1) is 0 Å². The number of ether oxygens (including phenoxy) is 1. The Bertz CT molecular complexity index is 762. The first-order chi connectivity index (χ1) is 9.84. The number of thiophene rings is 1. The van der Waals surface area contributed by atoms with Gasteiger partial charge in [0, 0.05) is 10.3 Å². The van der Waals surface area contributed by atoms with Crippen molar-refractivity contribution >= 4 is 21.4 Å². The molecule has 1 aromatic heterocycles. The van der Waals surface area contributed by atoms with Gasteiger partial charge in [0.25, 0.3) is 0 Å². The Morgan fingerprint density at radius 3 is 2.95 bits per heavy atom. The number of benzene rings is 2. The molecule has 0 fully saturated rings. The van der Waals surface area contributed by atoms with Crippen molar-refractivity contribution in [3.8, 4) is 5.75 Å². The molecule has 1 aliphatic rings. The number of para-hydroxylation sites is 1. The number of fused-ring (bicyclic) bond motifs is 2. The quantitative estimate of drug-likeness (QED) is 0.766. The minimum absolute atomic E-state index is 0.0129. The highest BCUT2D eigenvalue weighted by Crippen LogP contribution is 2.43. The summed E-state index contributed by atoms with van der Waals surface area (Å²) in [6.07, 6.45) is -0.527. The van der Waals surface area contributed by atoms with Gasteiger partial charge in [0.2, 0.25) is 0 Å². The highest BCUT2D eigenvalue weighted by atomic mass is 32.1. The molecule has 3 aromatic rings. The molecule has 2 nitrogen and oxygen atoms in total. The average Bonchev–Trinajstić information content (AvgIpc) is 3.12. The molecule has 4 rings (SSSR count). The minimum atomic E-state index is -0.527. The van der Waals surface area contributed by atoms with E-state index in [1.165, 1.54) is 10.1 Å². The fourth-order valence-corrected chi connectivity index (χ4v) is 3.86. The van der Waals surface area contributed by atoms with E-state index in [0.717, 1.165) is 16.9 Å². The Hall–Kier alpha value is -1.84. The van der Waals surface area contributed by atoms with Gasteiger partial charge in [-0.15, -0.1) is 11.3 Å². The van der Waals surface area contributed by atoms with Crippen molar-refractivity contribution in [2.75, 3.05) is 6.61 Å². The van der Waals surface area contributed by atoms with E-state index in [1.807, 2.05) is 36.4 Å². The monoisotopic (exact) mass is 282 g/mol. The van der Waals surface area contributed by atoms with Gasteiger partial charge in [-0.25, -0.2) is 0 Å². The molecule has 0 aliphatic carbocycles. The molecule has 0 radical (unpaired) electrons. The molecular formula is C17H14O2S. The number of aliphatic hydroxyl groups is 1. The molecule has 2 unspecified atom stereocenters.